The number of fused-ring (bicyclic) bond motifs is 1. The molecule has 0 saturated carbocycles. The fraction of sp³-hybridized carbons (Fsp3) is 0.167. The van der Waals surface area contributed by atoms with Crippen LogP contribution in [0, 0.1) is 10.1 Å². The number of nitrogens with zero attached hydrogens (tertiary/aromatic N) is 4. The van der Waals surface area contributed by atoms with Gasteiger partial charge in [0.25, 0.3) is 5.09 Å². The van der Waals surface area contributed by atoms with Gasteiger partial charge in [-0.15, -0.1) is 10.1 Å². The molecule has 1 aromatic heterocycles. The SMILES string of the molecule is COc1ccccc1[C@@H]1Oc2ccccc2C(=O)[C@H]1n1cncn1.O=[N+]([O-])O. The first kappa shape index (κ1) is 18.8. The lowest BCUT2D eigenvalue weighted by Crippen LogP contribution is -2.34. The summed E-state index contributed by atoms with van der Waals surface area (Å²) >= 11 is 0. The molecule has 0 fully saturated rings. The Morgan fingerprint density at radius 1 is 1.21 bits per heavy atom. The molecule has 0 unspecified atom stereocenters. The zero-order valence-electron chi connectivity index (χ0n) is 14.7. The van der Waals surface area contributed by atoms with Crippen LogP contribution in [0.2, 0.25) is 0 Å². The molecule has 144 valence electrons. The molecular weight excluding hydrogens is 368 g/mol. The zero-order valence-corrected chi connectivity index (χ0v) is 14.7. The lowest BCUT2D eigenvalue weighted by molar-refractivity contribution is -0.742. The second-order valence-corrected chi connectivity index (χ2v) is 5.70. The molecule has 2 atom stereocenters. The van der Waals surface area contributed by atoms with E-state index in [1.807, 2.05) is 36.4 Å². The van der Waals surface area contributed by atoms with Crippen LogP contribution in [0.4, 0.5) is 0 Å². The van der Waals surface area contributed by atoms with Crippen LogP contribution < -0.4 is 9.47 Å². The van der Waals surface area contributed by atoms with Crippen molar-refractivity contribution in [3.63, 3.8) is 0 Å². The largest absolute Gasteiger partial charge is 0.496 e. The van der Waals surface area contributed by atoms with Crippen LogP contribution in [0.3, 0.4) is 0 Å². The van der Waals surface area contributed by atoms with Crippen LogP contribution >= 0.6 is 0 Å². The predicted octanol–water partition coefficient (Wildman–Crippen LogP) is 2.50. The number of ketones is 1. The van der Waals surface area contributed by atoms with Crippen molar-refractivity contribution in [1.29, 1.82) is 0 Å². The normalized spacial score (nSPS) is 17.5. The summed E-state index contributed by atoms with van der Waals surface area (Å²) in [5.41, 5.74) is 1.34. The van der Waals surface area contributed by atoms with Crippen molar-refractivity contribution in [1.82, 2.24) is 14.8 Å². The number of methoxy groups -OCH3 is 1. The number of ether oxygens (including phenoxy) is 2. The van der Waals surface area contributed by atoms with Gasteiger partial charge in [-0.25, -0.2) is 9.67 Å². The van der Waals surface area contributed by atoms with Gasteiger partial charge in [0, 0.05) is 5.56 Å². The summed E-state index contributed by atoms with van der Waals surface area (Å²) in [4.78, 5) is 25.4. The molecule has 0 radical (unpaired) electrons. The molecule has 3 aromatic rings. The number of Topliss-reactive ketones (excluding diaryl/α,β-unsaturated/α-hetero) is 1. The number of rotatable bonds is 3. The van der Waals surface area contributed by atoms with Crippen molar-refractivity contribution in [2.45, 2.75) is 12.1 Å². The van der Waals surface area contributed by atoms with Gasteiger partial charge in [0.05, 0.1) is 12.7 Å². The third kappa shape index (κ3) is 3.75. The van der Waals surface area contributed by atoms with Crippen molar-refractivity contribution in [2.24, 2.45) is 0 Å². The topological polar surface area (TPSA) is 130 Å². The molecule has 0 bridgehead atoms. The van der Waals surface area contributed by atoms with Gasteiger partial charge < -0.3 is 14.7 Å². The molecular formula is C18H16N4O6. The molecule has 0 saturated heterocycles. The molecule has 0 aliphatic carbocycles. The minimum atomic E-state index is -1.50. The average molecular weight is 384 g/mol. The van der Waals surface area contributed by atoms with Crippen LogP contribution in [0.5, 0.6) is 11.5 Å². The van der Waals surface area contributed by atoms with E-state index in [-0.39, 0.29) is 5.78 Å². The number of carbonyl (C=O) groups excluding carboxylic acids is 1. The first-order chi connectivity index (χ1) is 13.5. The first-order valence-electron chi connectivity index (χ1n) is 8.13. The number of benzene rings is 2. The smallest absolute Gasteiger partial charge is 0.291 e. The number of para-hydroxylation sites is 2. The molecule has 0 spiro atoms. The maximum Gasteiger partial charge on any atom is 0.291 e. The molecule has 4 rings (SSSR count). The highest BCUT2D eigenvalue weighted by Gasteiger charge is 2.41. The summed E-state index contributed by atoms with van der Waals surface area (Å²) in [5.74, 6) is 1.17. The van der Waals surface area contributed by atoms with Crippen molar-refractivity contribution in [3.8, 4) is 11.5 Å². The molecule has 1 aliphatic rings. The van der Waals surface area contributed by atoms with Gasteiger partial charge in [-0.3, -0.25) is 4.79 Å². The van der Waals surface area contributed by atoms with Crippen molar-refractivity contribution in [3.05, 3.63) is 82.4 Å². The van der Waals surface area contributed by atoms with E-state index in [1.165, 1.54) is 17.3 Å². The Labute approximate surface area is 159 Å². The highest BCUT2D eigenvalue weighted by molar-refractivity contribution is 6.02. The number of hydrogen-bond donors (Lipinski definition) is 1. The molecule has 2 aromatic carbocycles. The summed E-state index contributed by atoms with van der Waals surface area (Å²) in [7, 11) is 1.60. The van der Waals surface area contributed by atoms with E-state index in [1.54, 1.807) is 19.2 Å². The minimum Gasteiger partial charge on any atom is -0.496 e. The van der Waals surface area contributed by atoms with Crippen molar-refractivity contribution in [2.75, 3.05) is 7.11 Å². The second-order valence-electron chi connectivity index (χ2n) is 5.70. The van der Waals surface area contributed by atoms with Crippen LogP contribution in [-0.2, 0) is 0 Å². The highest BCUT2D eigenvalue weighted by atomic mass is 16.9. The third-order valence-corrected chi connectivity index (χ3v) is 4.13. The fourth-order valence-corrected chi connectivity index (χ4v) is 3.03. The van der Waals surface area contributed by atoms with Gasteiger partial charge in [0.2, 0.25) is 0 Å². The van der Waals surface area contributed by atoms with E-state index < -0.39 is 17.2 Å². The average Bonchev–Trinajstić information content (AvgIpc) is 3.21. The van der Waals surface area contributed by atoms with Crippen LogP contribution in [0.25, 0.3) is 0 Å². The van der Waals surface area contributed by atoms with E-state index in [0.29, 0.717) is 17.1 Å². The maximum atomic E-state index is 13.1. The van der Waals surface area contributed by atoms with Crippen LogP contribution in [-0.4, -0.2) is 38.0 Å². The van der Waals surface area contributed by atoms with Crippen molar-refractivity contribution >= 4 is 5.78 Å². The monoisotopic (exact) mass is 384 g/mol. The lowest BCUT2D eigenvalue weighted by Gasteiger charge is -2.33. The van der Waals surface area contributed by atoms with Gasteiger partial charge in [-0.2, -0.15) is 5.10 Å². The summed E-state index contributed by atoms with van der Waals surface area (Å²) in [6.45, 7) is 0. The Morgan fingerprint density at radius 3 is 2.57 bits per heavy atom. The predicted molar refractivity (Wildman–Crippen MR) is 95.0 cm³/mol. The number of hydrogen-bond acceptors (Lipinski definition) is 7. The van der Waals surface area contributed by atoms with Gasteiger partial charge in [-0.05, 0) is 18.2 Å². The zero-order chi connectivity index (χ0) is 20.1. The minimum absolute atomic E-state index is 0.0572. The summed E-state index contributed by atoms with van der Waals surface area (Å²) < 4.78 is 13.2. The Morgan fingerprint density at radius 2 is 1.89 bits per heavy atom. The van der Waals surface area contributed by atoms with E-state index in [4.69, 9.17) is 24.8 Å². The summed E-state index contributed by atoms with van der Waals surface area (Å²) in [5, 5.41) is 17.8. The highest BCUT2D eigenvalue weighted by Crippen LogP contribution is 2.43. The summed E-state index contributed by atoms with van der Waals surface area (Å²) in [6.07, 6.45) is 2.39. The van der Waals surface area contributed by atoms with E-state index in [0.717, 1.165) is 5.56 Å². The van der Waals surface area contributed by atoms with Gasteiger partial charge in [0.15, 0.2) is 17.9 Å². The van der Waals surface area contributed by atoms with Crippen molar-refractivity contribution < 1.29 is 24.6 Å². The molecule has 2 heterocycles. The van der Waals surface area contributed by atoms with E-state index in [2.05, 4.69) is 10.1 Å². The molecule has 10 nitrogen and oxygen atoms in total. The third-order valence-electron chi connectivity index (χ3n) is 4.13. The second kappa shape index (κ2) is 8.16. The van der Waals surface area contributed by atoms with Gasteiger partial charge in [0.1, 0.15) is 24.2 Å². The summed E-state index contributed by atoms with van der Waals surface area (Å²) in [6, 6.07) is 14.1. The maximum absolute atomic E-state index is 13.1. The molecule has 1 aliphatic heterocycles. The van der Waals surface area contributed by atoms with E-state index >= 15 is 0 Å². The Kier molecular flexibility index (Phi) is 5.49. The van der Waals surface area contributed by atoms with Crippen LogP contribution in [0.15, 0.2) is 61.2 Å². The molecule has 0 amide bonds. The quantitative estimate of drug-likeness (QED) is 0.538. The van der Waals surface area contributed by atoms with Gasteiger partial charge >= 0.3 is 0 Å². The number of carbonyl (C=O) groups is 1. The molecule has 1 N–H and O–H groups in total. The fourth-order valence-electron chi connectivity index (χ4n) is 3.03. The molecule has 10 heteroatoms. The van der Waals surface area contributed by atoms with Gasteiger partial charge in [-0.1, -0.05) is 30.3 Å². The van der Waals surface area contributed by atoms with Crippen LogP contribution in [0.1, 0.15) is 28.1 Å². The Hall–Kier alpha value is -3.95. The standard InChI is InChI=1S/C18H15N3O3.HNO3/c1-23-14-8-4-3-7-13(14)18-16(21-11-19-10-20-21)17(22)12-6-2-5-9-15(12)24-18;2-1(3)4/h2-11,16,18H,1H3;(H,2,3,4)/t16-,18+;/m1./s1. The molecule has 28 heavy (non-hydrogen) atoms. The first-order valence-corrected chi connectivity index (χ1v) is 8.13. The number of aromatic nitrogens is 3. The lowest BCUT2D eigenvalue weighted by atomic mass is 9.91. The Bertz CT molecular complexity index is 972. The van der Waals surface area contributed by atoms with E-state index in [9.17, 15) is 4.79 Å². The Balaban J connectivity index is 0.000000516.